The summed E-state index contributed by atoms with van der Waals surface area (Å²) in [5.41, 5.74) is 1.13. The van der Waals surface area contributed by atoms with Crippen LogP contribution in [0.3, 0.4) is 0 Å². The Kier molecular flexibility index (Phi) is 5.52. The third-order valence-corrected chi connectivity index (χ3v) is 4.77. The maximum absolute atomic E-state index is 14.5. The van der Waals surface area contributed by atoms with Crippen molar-refractivity contribution in [1.82, 2.24) is 10.2 Å². The van der Waals surface area contributed by atoms with Gasteiger partial charge in [0.2, 0.25) is 0 Å². The van der Waals surface area contributed by atoms with Crippen LogP contribution in [-0.4, -0.2) is 44.0 Å². The molecule has 0 spiro atoms. The van der Waals surface area contributed by atoms with Crippen molar-refractivity contribution >= 4 is 11.6 Å². The molecular formula is C20H23F2N3O. The average molecular weight is 359 g/mol. The Hall–Kier alpha value is -2.47. The number of hydrogen-bond donors (Lipinski definition) is 1. The molecular weight excluding hydrogens is 336 g/mol. The first kappa shape index (κ1) is 18.3. The number of likely N-dealkylation sites (N-methyl/N-ethyl adjacent to an activating group) is 1. The third kappa shape index (κ3) is 4.02. The largest absolute Gasteiger partial charge is 0.367 e. The number of carbonyl (C=O) groups is 1. The van der Waals surface area contributed by atoms with Gasteiger partial charge in [-0.15, -0.1) is 0 Å². The molecule has 2 aromatic rings. The summed E-state index contributed by atoms with van der Waals surface area (Å²) >= 11 is 0. The monoisotopic (exact) mass is 359 g/mol. The van der Waals surface area contributed by atoms with Crippen LogP contribution in [0.4, 0.5) is 14.5 Å². The Bertz CT molecular complexity index is 788. The van der Waals surface area contributed by atoms with Gasteiger partial charge in [0.15, 0.2) is 0 Å². The highest BCUT2D eigenvalue weighted by Crippen LogP contribution is 2.23. The lowest BCUT2D eigenvalue weighted by molar-refractivity contribution is 0.0939. The fourth-order valence-electron chi connectivity index (χ4n) is 3.14. The van der Waals surface area contributed by atoms with Crippen molar-refractivity contribution in [2.24, 2.45) is 0 Å². The molecule has 138 valence electrons. The summed E-state index contributed by atoms with van der Waals surface area (Å²) in [6, 6.07) is 10.3. The van der Waals surface area contributed by atoms with Crippen LogP contribution >= 0.6 is 0 Å². The number of nitrogens with zero attached hydrogens (tertiary/aromatic N) is 2. The molecule has 0 unspecified atom stereocenters. The highest BCUT2D eigenvalue weighted by Gasteiger charge is 2.20. The molecule has 1 fully saturated rings. The van der Waals surface area contributed by atoms with E-state index in [4.69, 9.17) is 0 Å². The van der Waals surface area contributed by atoms with Gasteiger partial charge in [-0.1, -0.05) is 18.2 Å². The first-order valence-electron chi connectivity index (χ1n) is 8.74. The van der Waals surface area contributed by atoms with E-state index in [1.807, 2.05) is 11.9 Å². The van der Waals surface area contributed by atoms with Crippen LogP contribution in [0.5, 0.6) is 0 Å². The zero-order chi connectivity index (χ0) is 18.7. The van der Waals surface area contributed by atoms with Crippen LogP contribution < -0.4 is 10.2 Å². The second kappa shape index (κ2) is 7.83. The highest BCUT2D eigenvalue weighted by molar-refractivity contribution is 5.94. The van der Waals surface area contributed by atoms with Gasteiger partial charge in [-0.25, -0.2) is 8.78 Å². The molecule has 4 nitrogen and oxygen atoms in total. The van der Waals surface area contributed by atoms with Crippen molar-refractivity contribution in [2.75, 3.05) is 38.1 Å². The van der Waals surface area contributed by atoms with Gasteiger partial charge in [-0.05, 0) is 38.2 Å². The number of halogens is 2. The Morgan fingerprint density at radius 2 is 1.73 bits per heavy atom. The summed E-state index contributed by atoms with van der Waals surface area (Å²) in [7, 11) is 2.04. The third-order valence-electron chi connectivity index (χ3n) is 4.77. The summed E-state index contributed by atoms with van der Waals surface area (Å²) in [6.45, 7) is 4.96. The summed E-state index contributed by atoms with van der Waals surface area (Å²) < 4.78 is 28.3. The number of hydrogen-bond acceptors (Lipinski definition) is 3. The number of anilines is 1. The van der Waals surface area contributed by atoms with Crippen molar-refractivity contribution in [1.29, 1.82) is 0 Å². The fourth-order valence-corrected chi connectivity index (χ4v) is 3.14. The number of nitrogens with one attached hydrogen (secondary N) is 1. The highest BCUT2D eigenvalue weighted by atomic mass is 19.1. The molecule has 0 aliphatic carbocycles. The lowest BCUT2D eigenvalue weighted by atomic mass is 10.1. The summed E-state index contributed by atoms with van der Waals surface area (Å²) in [5, 5.41) is 2.72. The van der Waals surface area contributed by atoms with Crippen LogP contribution in [0.2, 0.25) is 0 Å². The van der Waals surface area contributed by atoms with Crippen molar-refractivity contribution in [3.05, 3.63) is 65.2 Å². The molecule has 6 heteroatoms. The van der Waals surface area contributed by atoms with Gasteiger partial charge >= 0.3 is 0 Å². The normalized spacial score (nSPS) is 16.4. The van der Waals surface area contributed by atoms with E-state index in [2.05, 4.69) is 10.2 Å². The lowest BCUT2D eigenvalue weighted by Gasteiger charge is -2.34. The minimum atomic E-state index is -0.510. The minimum absolute atomic E-state index is 0.226. The van der Waals surface area contributed by atoms with E-state index in [-0.39, 0.29) is 11.4 Å². The predicted octanol–water partition coefficient (Wildman–Crippen LogP) is 3.21. The van der Waals surface area contributed by atoms with E-state index in [1.165, 1.54) is 12.1 Å². The number of benzene rings is 2. The summed E-state index contributed by atoms with van der Waals surface area (Å²) in [6.07, 6.45) is 0. The van der Waals surface area contributed by atoms with E-state index >= 15 is 0 Å². The molecule has 1 N–H and O–H groups in total. The first-order valence-corrected chi connectivity index (χ1v) is 8.74. The predicted molar refractivity (Wildman–Crippen MR) is 98.4 cm³/mol. The SMILES string of the molecule is C[C@H](NC(=O)c1ccc(N2CCN(C)CC2)c(F)c1)c1ccccc1F. The Balaban J connectivity index is 1.70. The van der Waals surface area contributed by atoms with E-state index in [1.54, 1.807) is 37.3 Å². The standard InChI is InChI=1S/C20H23F2N3O/c1-14(16-5-3-4-6-17(16)21)23-20(26)15-7-8-19(18(22)13-15)25-11-9-24(2)10-12-25/h3-8,13-14H,9-12H2,1-2H3,(H,23,26)/t14-/m0/s1. The average Bonchev–Trinajstić information content (AvgIpc) is 2.62. The number of rotatable bonds is 4. The fraction of sp³-hybridized carbons (Fsp3) is 0.350. The number of piperazine rings is 1. The van der Waals surface area contributed by atoms with E-state index in [0.29, 0.717) is 11.3 Å². The zero-order valence-electron chi connectivity index (χ0n) is 15.0. The van der Waals surface area contributed by atoms with Crippen LogP contribution in [0.1, 0.15) is 28.9 Å². The second-order valence-corrected chi connectivity index (χ2v) is 6.67. The van der Waals surface area contributed by atoms with Gasteiger partial charge in [0.1, 0.15) is 11.6 Å². The van der Waals surface area contributed by atoms with E-state index in [0.717, 1.165) is 26.2 Å². The van der Waals surface area contributed by atoms with Crippen LogP contribution in [0.15, 0.2) is 42.5 Å². The van der Waals surface area contributed by atoms with Gasteiger partial charge in [-0.2, -0.15) is 0 Å². The van der Waals surface area contributed by atoms with Crippen molar-refractivity contribution < 1.29 is 13.6 Å². The molecule has 1 atom stereocenters. The Labute approximate surface area is 152 Å². The van der Waals surface area contributed by atoms with Gasteiger partial charge in [0.25, 0.3) is 5.91 Å². The summed E-state index contributed by atoms with van der Waals surface area (Å²) in [5.74, 6) is -1.22. The molecule has 1 aliphatic rings. The minimum Gasteiger partial charge on any atom is -0.367 e. The molecule has 1 heterocycles. The molecule has 0 aromatic heterocycles. The Morgan fingerprint density at radius 1 is 1.04 bits per heavy atom. The summed E-state index contributed by atoms with van der Waals surface area (Å²) in [4.78, 5) is 16.6. The van der Waals surface area contributed by atoms with Crippen molar-refractivity contribution in [3.8, 4) is 0 Å². The first-order chi connectivity index (χ1) is 12.5. The lowest BCUT2D eigenvalue weighted by Crippen LogP contribution is -2.44. The van der Waals surface area contributed by atoms with Crippen LogP contribution in [-0.2, 0) is 0 Å². The smallest absolute Gasteiger partial charge is 0.251 e. The molecule has 0 saturated carbocycles. The molecule has 1 aliphatic heterocycles. The van der Waals surface area contributed by atoms with Crippen LogP contribution in [0, 0.1) is 11.6 Å². The number of amides is 1. The Morgan fingerprint density at radius 3 is 2.38 bits per heavy atom. The molecule has 1 amide bonds. The zero-order valence-corrected chi connectivity index (χ0v) is 15.0. The topological polar surface area (TPSA) is 35.6 Å². The van der Waals surface area contributed by atoms with E-state index in [9.17, 15) is 13.6 Å². The van der Waals surface area contributed by atoms with Gasteiger partial charge in [0, 0.05) is 37.3 Å². The molecule has 2 aromatic carbocycles. The second-order valence-electron chi connectivity index (χ2n) is 6.67. The van der Waals surface area contributed by atoms with Crippen LogP contribution in [0.25, 0.3) is 0 Å². The molecule has 0 bridgehead atoms. The van der Waals surface area contributed by atoms with E-state index < -0.39 is 17.8 Å². The molecule has 0 radical (unpaired) electrons. The van der Waals surface area contributed by atoms with Gasteiger partial charge in [-0.3, -0.25) is 4.79 Å². The maximum Gasteiger partial charge on any atom is 0.251 e. The molecule has 3 rings (SSSR count). The van der Waals surface area contributed by atoms with Crippen molar-refractivity contribution in [2.45, 2.75) is 13.0 Å². The maximum atomic E-state index is 14.5. The number of carbonyl (C=O) groups excluding carboxylic acids is 1. The van der Waals surface area contributed by atoms with Crippen molar-refractivity contribution in [3.63, 3.8) is 0 Å². The van der Waals surface area contributed by atoms with Gasteiger partial charge < -0.3 is 15.1 Å². The van der Waals surface area contributed by atoms with Gasteiger partial charge in [0.05, 0.1) is 11.7 Å². The molecule has 1 saturated heterocycles. The molecule has 26 heavy (non-hydrogen) atoms. The quantitative estimate of drug-likeness (QED) is 0.911.